The number of hydrogen-bond donors (Lipinski definition) is 1. The highest BCUT2D eigenvalue weighted by Crippen LogP contribution is 2.44. The molecule has 184 valence electrons. The molecule has 0 radical (unpaired) electrons. The van der Waals surface area contributed by atoms with Gasteiger partial charge in [0.25, 0.3) is 0 Å². The highest BCUT2D eigenvalue weighted by atomic mass is 19.4. The number of ether oxygens (including phenoxy) is 3. The summed E-state index contributed by atoms with van der Waals surface area (Å²) in [6, 6.07) is 2.50. The molecule has 1 aliphatic rings. The lowest BCUT2D eigenvalue weighted by Crippen LogP contribution is -2.20. The van der Waals surface area contributed by atoms with Crippen molar-refractivity contribution in [2.75, 3.05) is 33.4 Å². The largest absolute Gasteiger partial charge is 0.493 e. The molecule has 9 heteroatoms. The van der Waals surface area contributed by atoms with Gasteiger partial charge in [0.1, 0.15) is 17.6 Å². The lowest BCUT2D eigenvalue weighted by atomic mass is 10.0. The average molecular weight is 470 g/mol. The Balaban J connectivity index is 2.04. The third kappa shape index (κ3) is 6.86. The van der Waals surface area contributed by atoms with Gasteiger partial charge in [-0.3, -0.25) is 5.10 Å². The quantitative estimate of drug-likeness (QED) is 0.469. The fraction of sp³-hybridized carbons (Fsp3) is 0.625. The lowest BCUT2D eigenvalue weighted by Gasteiger charge is -2.22. The second kappa shape index (κ2) is 11.2. The SMILES string of the molecule is CCCCN(C)Cc1[nH]ncc1-c1cc(C(F)(F)F)c(OCC(C)C)cc1OC1CCOC1. The van der Waals surface area contributed by atoms with E-state index in [1.54, 1.807) is 6.20 Å². The molecule has 0 bridgehead atoms. The van der Waals surface area contributed by atoms with Crippen LogP contribution in [0.2, 0.25) is 0 Å². The van der Waals surface area contributed by atoms with Crippen molar-refractivity contribution in [3.8, 4) is 22.6 Å². The normalized spacial score (nSPS) is 16.7. The van der Waals surface area contributed by atoms with Crippen molar-refractivity contribution in [1.82, 2.24) is 15.1 Å². The van der Waals surface area contributed by atoms with E-state index >= 15 is 0 Å². The van der Waals surface area contributed by atoms with E-state index < -0.39 is 11.7 Å². The summed E-state index contributed by atoms with van der Waals surface area (Å²) < 4.78 is 59.1. The summed E-state index contributed by atoms with van der Waals surface area (Å²) in [4.78, 5) is 2.12. The number of rotatable bonds is 11. The van der Waals surface area contributed by atoms with E-state index in [-0.39, 0.29) is 24.4 Å². The molecule has 1 atom stereocenters. The van der Waals surface area contributed by atoms with Gasteiger partial charge in [-0.1, -0.05) is 27.2 Å². The number of H-pyrrole nitrogens is 1. The summed E-state index contributed by atoms with van der Waals surface area (Å²) >= 11 is 0. The number of benzene rings is 1. The van der Waals surface area contributed by atoms with Crippen molar-refractivity contribution >= 4 is 0 Å². The van der Waals surface area contributed by atoms with Crippen LogP contribution in [-0.4, -0.2) is 54.6 Å². The Bertz CT molecular complexity index is 893. The van der Waals surface area contributed by atoms with Gasteiger partial charge in [0.15, 0.2) is 0 Å². The maximum Gasteiger partial charge on any atom is 0.419 e. The molecule has 1 N–H and O–H groups in total. The number of unbranched alkanes of at least 4 members (excludes halogenated alkanes) is 1. The van der Waals surface area contributed by atoms with Crippen LogP contribution < -0.4 is 9.47 Å². The smallest absolute Gasteiger partial charge is 0.419 e. The molecule has 1 unspecified atom stereocenters. The zero-order chi connectivity index (χ0) is 24.0. The van der Waals surface area contributed by atoms with Crippen LogP contribution in [0, 0.1) is 5.92 Å². The zero-order valence-electron chi connectivity index (χ0n) is 19.8. The number of hydrogen-bond acceptors (Lipinski definition) is 5. The number of alkyl halides is 3. The minimum absolute atomic E-state index is 0.0810. The summed E-state index contributed by atoms with van der Waals surface area (Å²) in [5.41, 5.74) is 0.858. The number of aromatic nitrogens is 2. The van der Waals surface area contributed by atoms with Gasteiger partial charge in [-0.15, -0.1) is 0 Å². The van der Waals surface area contributed by atoms with Crippen molar-refractivity contribution in [2.45, 2.75) is 58.9 Å². The third-order valence-electron chi connectivity index (χ3n) is 5.47. The molecule has 0 saturated carbocycles. The zero-order valence-corrected chi connectivity index (χ0v) is 19.8. The Morgan fingerprint density at radius 3 is 2.67 bits per heavy atom. The molecular weight excluding hydrogens is 435 g/mol. The van der Waals surface area contributed by atoms with Gasteiger partial charge >= 0.3 is 6.18 Å². The standard InChI is InChI=1S/C24H34F3N3O3/c1-5-6-8-30(4)13-21-19(12-28-29-21)18-10-20(24(25,26)27)23(32-14-16(2)3)11-22(18)33-17-7-9-31-15-17/h10-12,16-17H,5-9,13-15H2,1-4H3,(H,28,29). The highest BCUT2D eigenvalue weighted by molar-refractivity contribution is 5.74. The molecule has 1 aromatic carbocycles. The van der Waals surface area contributed by atoms with Gasteiger partial charge in [0.2, 0.25) is 0 Å². The summed E-state index contributed by atoms with van der Waals surface area (Å²) in [5, 5.41) is 7.10. The van der Waals surface area contributed by atoms with Crippen LogP contribution in [0.25, 0.3) is 11.1 Å². The first-order valence-electron chi connectivity index (χ1n) is 11.5. The first-order chi connectivity index (χ1) is 15.7. The lowest BCUT2D eigenvalue weighted by molar-refractivity contribution is -0.139. The minimum Gasteiger partial charge on any atom is -0.493 e. The second-order valence-corrected chi connectivity index (χ2v) is 9.00. The molecule has 6 nitrogen and oxygen atoms in total. The number of halogens is 3. The predicted molar refractivity (Wildman–Crippen MR) is 120 cm³/mol. The van der Waals surface area contributed by atoms with E-state index in [0.29, 0.717) is 43.1 Å². The van der Waals surface area contributed by atoms with E-state index in [2.05, 4.69) is 22.0 Å². The summed E-state index contributed by atoms with van der Waals surface area (Å²) in [5.74, 6) is 0.201. The van der Waals surface area contributed by atoms with Crippen LogP contribution in [-0.2, 0) is 17.5 Å². The average Bonchev–Trinajstić information content (AvgIpc) is 3.42. The predicted octanol–water partition coefficient (Wildman–Crippen LogP) is 5.53. The van der Waals surface area contributed by atoms with Crippen LogP contribution in [0.15, 0.2) is 18.3 Å². The Hall–Kier alpha value is -2.26. The van der Waals surface area contributed by atoms with Crippen molar-refractivity contribution < 1.29 is 27.4 Å². The second-order valence-electron chi connectivity index (χ2n) is 9.00. The topological polar surface area (TPSA) is 59.6 Å². The fourth-order valence-corrected chi connectivity index (χ4v) is 3.69. The summed E-state index contributed by atoms with van der Waals surface area (Å²) in [6.45, 7) is 8.46. The van der Waals surface area contributed by atoms with E-state index in [9.17, 15) is 13.2 Å². The molecule has 2 aromatic rings. The van der Waals surface area contributed by atoms with Crippen LogP contribution in [0.3, 0.4) is 0 Å². The molecule has 1 fully saturated rings. The molecule has 1 saturated heterocycles. The fourth-order valence-electron chi connectivity index (χ4n) is 3.69. The molecule has 1 aromatic heterocycles. The van der Waals surface area contributed by atoms with E-state index in [0.717, 1.165) is 31.1 Å². The molecule has 3 rings (SSSR count). The molecular formula is C24H34F3N3O3. The third-order valence-corrected chi connectivity index (χ3v) is 5.47. The van der Waals surface area contributed by atoms with Gasteiger partial charge in [0, 0.05) is 30.2 Å². The monoisotopic (exact) mass is 469 g/mol. The van der Waals surface area contributed by atoms with Gasteiger partial charge < -0.3 is 19.1 Å². The van der Waals surface area contributed by atoms with Gasteiger partial charge in [-0.05, 0) is 32.0 Å². The molecule has 0 amide bonds. The van der Waals surface area contributed by atoms with Crippen molar-refractivity contribution in [3.63, 3.8) is 0 Å². The van der Waals surface area contributed by atoms with Crippen LogP contribution in [0.4, 0.5) is 13.2 Å². The van der Waals surface area contributed by atoms with Crippen LogP contribution >= 0.6 is 0 Å². The summed E-state index contributed by atoms with van der Waals surface area (Å²) in [7, 11) is 1.98. The Morgan fingerprint density at radius 1 is 1.24 bits per heavy atom. The van der Waals surface area contributed by atoms with Crippen molar-refractivity contribution in [3.05, 3.63) is 29.6 Å². The number of aromatic amines is 1. The first-order valence-corrected chi connectivity index (χ1v) is 11.5. The first kappa shape index (κ1) is 25.4. The van der Waals surface area contributed by atoms with E-state index in [1.165, 1.54) is 6.07 Å². The van der Waals surface area contributed by atoms with E-state index in [1.807, 2.05) is 20.9 Å². The van der Waals surface area contributed by atoms with Crippen molar-refractivity contribution in [1.29, 1.82) is 0 Å². The molecule has 2 heterocycles. The van der Waals surface area contributed by atoms with Gasteiger partial charge in [-0.25, -0.2) is 0 Å². The van der Waals surface area contributed by atoms with Gasteiger partial charge in [0.05, 0.1) is 37.3 Å². The van der Waals surface area contributed by atoms with Crippen molar-refractivity contribution in [2.24, 2.45) is 5.92 Å². The van der Waals surface area contributed by atoms with E-state index in [4.69, 9.17) is 14.2 Å². The number of nitrogens with one attached hydrogen (secondary N) is 1. The molecule has 0 spiro atoms. The highest BCUT2D eigenvalue weighted by Gasteiger charge is 2.37. The van der Waals surface area contributed by atoms with Crippen LogP contribution in [0.1, 0.15) is 51.3 Å². The number of nitrogens with zero attached hydrogens (tertiary/aromatic N) is 2. The van der Waals surface area contributed by atoms with Crippen LogP contribution in [0.5, 0.6) is 11.5 Å². The minimum atomic E-state index is -4.57. The molecule has 0 aliphatic carbocycles. The Labute approximate surface area is 193 Å². The summed E-state index contributed by atoms with van der Waals surface area (Å²) in [6.07, 6.45) is -0.449. The molecule has 33 heavy (non-hydrogen) atoms. The molecule has 1 aliphatic heterocycles. The maximum atomic E-state index is 14.0. The Morgan fingerprint density at radius 2 is 2.03 bits per heavy atom. The Kier molecular flexibility index (Phi) is 8.64. The van der Waals surface area contributed by atoms with Gasteiger partial charge in [-0.2, -0.15) is 18.3 Å². The maximum absolute atomic E-state index is 14.0.